The number of hydrogen-bond donors (Lipinski definition) is 0. The van der Waals surface area contributed by atoms with E-state index in [4.69, 9.17) is 4.99 Å². The molecule has 0 saturated heterocycles. The Bertz CT molecular complexity index is 1710. The van der Waals surface area contributed by atoms with E-state index < -0.39 is 0 Å². The van der Waals surface area contributed by atoms with Crippen LogP contribution in [0.2, 0.25) is 0 Å². The number of carbonyl (C=O) groups excluding carboxylic acids is 1. The molecule has 0 heterocycles. The van der Waals surface area contributed by atoms with E-state index in [0.29, 0.717) is 17.7 Å². The minimum atomic E-state index is 0. The largest absolute Gasteiger partial charge is 2.00 e. The number of aryl methyl sites for hydroxylation is 2. The molecule has 7 rings (SSSR count). The van der Waals surface area contributed by atoms with Crippen molar-refractivity contribution in [3.63, 3.8) is 0 Å². The van der Waals surface area contributed by atoms with Gasteiger partial charge in [-0.15, -0.1) is 0 Å². The molecule has 5 heteroatoms. The van der Waals surface area contributed by atoms with Gasteiger partial charge in [0.1, 0.15) is 5.78 Å². The van der Waals surface area contributed by atoms with Gasteiger partial charge in [0.25, 0.3) is 0 Å². The van der Waals surface area contributed by atoms with Gasteiger partial charge in [-0.1, -0.05) is 199 Å². The SMILES string of the molecule is C.CCCCCC1CCC(=NC2CCCCC2)CC1.CCCCCC1CCC(=O)C(CCc2cccc3ccccc23)C1.ICCc1cccc2ccccc12.[Br-].[CH2-]C.[Mg+2]. The van der Waals surface area contributed by atoms with Gasteiger partial charge in [0.15, 0.2) is 0 Å². The summed E-state index contributed by atoms with van der Waals surface area (Å²) in [6.07, 6.45) is 29.8. The molecule has 0 amide bonds. The van der Waals surface area contributed by atoms with Crippen LogP contribution in [-0.2, 0) is 17.6 Å². The molecule has 0 aliphatic heterocycles. The molecule has 4 aromatic carbocycles. The molecule has 2 nitrogen and oxygen atoms in total. The Balaban J connectivity index is 0.000000447. The first-order chi connectivity index (χ1) is 28.1. The second-order valence-corrected chi connectivity index (χ2v) is 18.1. The van der Waals surface area contributed by atoms with Gasteiger partial charge < -0.3 is 23.9 Å². The smallest absolute Gasteiger partial charge is 1.00 e. The van der Waals surface area contributed by atoms with Crippen molar-refractivity contribution in [3.8, 4) is 0 Å². The van der Waals surface area contributed by atoms with Gasteiger partial charge in [0, 0.05) is 28.5 Å². The maximum atomic E-state index is 12.4. The molecule has 3 aliphatic carbocycles. The van der Waals surface area contributed by atoms with Crippen LogP contribution in [0, 0.1) is 24.7 Å². The number of benzene rings is 4. The normalized spacial score (nSPS) is 18.8. The van der Waals surface area contributed by atoms with Gasteiger partial charge in [0.05, 0.1) is 0 Å². The summed E-state index contributed by atoms with van der Waals surface area (Å²) in [6, 6.07) is 31.0. The van der Waals surface area contributed by atoms with Gasteiger partial charge in [-0.3, -0.25) is 9.79 Å². The molecule has 0 N–H and O–H groups in total. The van der Waals surface area contributed by atoms with E-state index in [9.17, 15) is 4.79 Å². The molecular weight excluding hydrogens is 922 g/mol. The minimum absolute atomic E-state index is 0. The Morgan fingerprint density at radius 2 is 1.12 bits per heavy atom. The third-order valence-electron chi connectivity index (χ3n) is 12.8. The summed E-state index contributed by atoms with van der Waals surface area (Å²) in [4.78, 5) is 17.4. The van der Waals surface area contributed by atoms with Gasteiger partial charge in [-0.2, -0.15) is 6.92 Å². The van der Waals surface area contributed by atoms with Crippen LogP contribution in [0.4, 0.5) is 0 Å². The van der Waals surface area contributed by atoms with Crippen LogP contribution in [0.25, 0.3) is 21.5 Å². The molecule has 0 radical (unpaired) electrons. The van der Waals surface area contributed by atoms with Crippen LogP contribution in [0.15, 0.2) is 89.9 Å². The molecular formula is C55H81BrIMgNO. The van der Waals surface area contributed by atoms with Crippen molar-refractivity contribution in [3.05, 3.63) is 103 Å². The van der Waals surface area contributed by atoms with Crippen molar-refractivity contribution in [1.29, 1.82) is 0 Å². The molecule has 0 bridgehead atoms. The maximum absolute atomic E-state index is 12.4. The first-order valence-corrected chi connectivity index (χ1v) is 24.9. The summed E-state index contributed by atoms with van der Waals surface area (Å²) in [5.41, 5.74) is 4.43. The summed E-state index contributed by atoms with van der Waals surface area (Å²) in [7, 11) is 0. The second kappa shape index (κ2) is 34.2. The molecule has 328 valence electrons. The first kappa shape index (κ1) is 56.7. The zero-order valence-corrected chi connectivity index (χ0v) is 42.5. The molecule has 2 atom stereocenters. The fourth-order valence-corrected chi connectivity index (χ4v) is 10.0. The number of fused-ring (bicyclic) bond motifs is 2. The summed E-state index contributed by atoms with van der Waals surface area (Å²) < 4.78 is 1.19. The molecule has 0 aromatic heterocycles. The van der Waals surface area contributed by atoms with Gasteiger partial charge in [0.2, 0.25) is 0 Å². The van der Waals surface area contributed by atoms with E-state index in [2.05, 4.69) is 128 Å². The standard InChI is InChI=1S/C23H30O.C17H31N.C12H11I.C2H5.CH4.BrH.Mg/c1-2-3-4-8-18-13-16-23(24)21(17-18)15-14-20-11-7-10-19-9-5-6-12-22(19)20;1-2-3-5-8-15-11-13-17(14-12-15)18-16-9-6-4-7-10-16;13-9-8-11-6-3-5-10-4-1-2-7-12(10)11;1-2;;;/h5-7,9-12,18,21H,2-4,8,13-17H2,1H3;15-16H,2-14H2,1H3;1-7H,8-9H2;1H2,2H3;1H4;1H;/q;;;-1;;;+2/p-1. The zero-order valence-electron chi connectivity index (χ0n) is 37.4. The Hall–Kier alpha value is -1.28. The number of unbranched alkanes of at least 4 members (excludes halogenated alkanes) is 4. The summed E-state index contributed by atoms with van der Waals surface area (Å²) in [5, 5.41) is 5.41. The van der Waals surface area contributed by atoms with Crippen molar-refractivity contribution < 1.29 is 21.8 Å². The third kappa shape index (κ3) is 20.0. The zero-order chi connectivity index (χ0) is 40.5. The van der Waals surface area contributed by atoms with Gasteiger partial charge in [-0.25, -0.2) is 0 Å². The van der Waals surface area contributed by atoms with E-state index in [1.807, 2.05) is 0 Å². The number of nitrogens with zero attached hydrogens (tertiary/aromatic N) is 1. The van der Waals surface area contributed by atoms with Crippen molar-refractivity contribution in [2.24, 2.45) is 22.7 Å². The number of halogens is 2. The van der Waals surface area contributed by atoms with Crippen molar-refractivity contribution in [2.45, 2.75) is 182 Å². The topological polar surface area (TPSA) is 29.4 Å². The average Bonchev–Trinajstić information content (AvgIpc) is 3.26. The third-order valence-corrected chi connectivity index (χ3v) is 13.4. The Labute approximate surface area is 409 Å². The van der Waals surface area contributed by atoms with E-state index >= 15 is 0 Å². The monoisotopic (exact) mass is 1000 g/mol. The average molecular weight is 1000 g/mol. The Kier molecular flexibility index (Phi) is 32.3. The predicted molar refractivity (Wildman–Crippen MR) is 273 cm³/mol. The van der Waals surface area contributed by atoms with E-state index in [-0.39, 0.29) is 47.5 Å². The van der Waals surface area contributed by atoms with Crippen LogP contribution >= 0.6 is 22.6 Å². The van der Waals surface area contributed by atoms with Crippen LogP contribution < -0.4 is 17.0 Å². The Morgan fingerprint density at radius 1 is 0.617 bits per heavy atom. The molecule has 3 saturated carbocycles. The quantitative estimate of drug-likeness (QED) is 0.0407. The number of aliphatic imine (C=N–C) groups is 1. The second-order valence-electron chi connectivity index (χ2n) is 17.0. The fraction of sp³-hybridized carbons (Fsp3) is 0.582. The molecule has 2 unspecified atom stereocenters. The fourth-order valence-electron chi connectivity index (χ4n) is 9.46. The first-order valence-electron chi connectivity index (χ1n) is 23.4. The van der Waals surface area contributed by atoms with Crippen molar-refractivity contribution in [2.75, 3.05) is 4.43 Å². The maximum Gasteiger partial charge on any atom is 2.00 e. The summed E-state index contributed by atoms with van der Waals surface area (Å²) in [6.45, 7) is 9.56. The van der Waals surface area contributed by atoms with Crippen LogP contribution in [0.5, 0.6) is 0 Å². The number of alkyl halides is 1. The number of ketones is 1. The molecule has 3 fully saturated rings. The van der Waals surface area contributed by atoms with Crippen LogP contribution in [0.1, 0.15) is 174 Å². The van der Waals surface area contributed by atoms with E-state index in [1.54, 1.807) is 12.6 Å². The predicted octanol–water partition coefficient (Wildman–Crippen LogP) is 13.8. The number of carbonyl (C=O) groups is 1. The molecule has 3 aliphatic rings. The molecule has 60 heavy (non-hydrogen) atoms. The van der Waals surface area contributed by atoms with Crippen LogP contribution in [-0.4, -0.2) is 45.0 Å². The summed E-state index contributed by atoms with van der Waals surface area (Å²) >= 11 is 2.42. The Morgan fingerprint density at radius 3 is 1.67 bits per heavy atom. The van der Waals surface area contributed by atoms with Gasteiger partial charge in [-0.05, 0) is 115 Å². The number of Topliss-reactive ketones (excluding diaryl/α,β-unsaturated/α-hetero) is 1. The summed E-state index contributed by atoms with van der Waals surface area (Å²) in [5.74, 6) is 2.61. The number of hydrogen-bond acceptors (Lipinski definition) is 2. The van der Waals surface area contributed by atoms with Crippen molar-refractivity contribution in [1.82, 2.24) is 0 Å². The van der Waals surface area contributed by atoms with E-state index in [0.717, 1.165) is 43.9 Å². The van der Waals surface area contributed by atoms with Crippen LogP contribution in [0.3, 0.4) is 0 Å². The molecule has 4 aromatic rings. The minimum Gasteiger partial charge on any atom is -1.00 e. The molecule has 0 spiro atoms. The number of rotatable bonds is 14. The van der Waals surface area contributed by atoms with E-state index in [1.165, 1.54) is 153 Å². The van der Waals surface area contributed by atoms with Gasteiger partial charge >= 0.3 is 23.1 Å². The van der Waals surface area contributed by atoms with Crippen molar-refractivity contribution >= 4 is 78.7 Å².